The molecule has 0 aliphatic carbocycles. The quantitative estimate of drug-likeness (QED) is 0.221. The minimum Gasteiger partial charge on any atom is -0.490 e. The molecule has 1 N–H and O–H groups in total. The fraction of sp³-hybridized carbons (Fsp3) is 0.143. The van der Waals surface area contributed by atoms with Crippen LogP contribution in [0.5, 0.6) is 11.5 Å². The fourth-order valence-corrected chi connectivity index (χ4v) is 5.89. The number of nitrogens with zero attached hydrogens (tertiary/aromatic N) is 3. The van der Waals surface area contributed by atoms with Gasteiger partial charge in [0.25, 0.3) is 5.91 Å². The first-order chi connectivity index (χ1) is 18.4. The zero-order valence-corrected chi connectivity index (χ0v) is 24.2. The van der Waals surface area contributed by atoms with Gasteiger partial charge in [-0.3, -0.25) is 10.2 Å². The number of rotatable bonds is 7. The number of hydrogen-bond donors (Lipinski definition) is 1. The molecule has 0 fully saturated rings. The van der Waals surface area contributed by atoms with Gasteiger partial charge in [0, 0.05) is 5.56 Å². The molecule has 2 aliphatic rings. The van der Waals surface area contributed by atoms with E-state index in [1.807, 2.05) is 68.4 Å². The average Bonchev–Trinajstić information content (AvgIpc) is 3.31. The Balaban J connectivity index is 1.44. The first-order valence-electron chi connectivity index (χ1n) is 11.7. The normalized spacial score (nSPS) is 15.9. The van der Waals surface area contributed by atoms with Crippen molar-refractivity contribution in [3.63, 3.8) is 0 Å². The van der Waals surface area contributed by atoms with E-state index in [1.165, 1.54) is 16.8 Å². The van der Waals surface area contributed by atoms with Crippen molar-refractivity contribution in [2.24, 2.45) is 10.1 Å². The highest BCUT2D eigenvalue weighted by molar-refractivity contribution is 14.1. The molecule has 3 aromatic carbocycles. The van der Waals surface area contributed by atoms with Crippen molar-refractivity contribution in [2.75, 3.05) is 6.61 Å². The van der Waals surface area contributed by atoms with Gasteiger partial charge >= 0.3 is 0 Å². The van der Waals surface area contributed by atoms with Gasteiger partial charge in [-0.05, 0) is 89.2 Å². The molecule has 192 valence electrons. The van der Waals surface area contributed by atoms with Crippen molar-refractivity contribution in [2.45, 2.75) is 20.5 Å². The van der Waals surface area contributed by atoms with E-state index in [0.717, 1.165) is 20.3 Å². The molecule has 0 radical (unpaired) electrons. The van der Waals surface area contributed by atoms with E-state index in [0.29, 0.717) is 45.5 Å². The Hall–Kier alpha value is -3.15. The third kappa shape index (κ3) is 5.36. The third-order valence-electron chi connectivity index (χ3n) is 5.83. The summed E-state index contributed by atoms with van der Waals surface area (Å²) in [6.07, 6.45) is 1.63. The molecule has 0 saturated heterocycles. The zero-order valence-electron chi connectivity index (χ0n) is 20.5. The topological polar surface area (TPSA) is 87.3 Å². The number of amides is 1. The molecule has 0 bridgehead atoms. The van der Waals surface area contributed by atoms with Crippen molar-refractivity contribution >= 4 is 74.0 Å². The number of aryl methyl sites for hydroxylation is 1. The van der Waals surface area contributed by atoms with Gasteiger partial charge in [0.1, 0.15) is 11.7 Å². The number of fused-ring (bicyclic) bond motifs is 1. The molecule has 2 heterocycles. The number of carbonyl (C=O) groups excluding carboxylic acids is 1. The standard InChI is InChI=1S/C28H22ClIN4O3S/c1-3-36-23-14-17(13-22(30)24(23)37-15-18-9-5-4-8-16(18)2)12-20-25(31)34-28(32-26(20)35)38-27(33-34)19-10-6-7-11-21(19)29/h4-14,31H,3,15H2,1-2H3/b20-12-,31-25?. The van der Waals surface area contributed by atoms with Gasteiger partial charge in [-0.15, -0.1) is 0 Å². The minimum atomic E-state index is -0.503. The molecule has 7 nitrogen and oxygen atoms in total. The van der Waals surface area contributed by atoms with Gasteiger partial charge in [-0.2, -0.15) is 15.1 Å². The highest BCUT2D eigenvalue weighted by Crippen LogP contribution is 2.37. The SMILES string of the molecule is CCOc1cc(/C=C2/C(=N)N3N=C(c4ccccc4Cl)SC3=NC2=O)cc(I)c1OCc1ccccc1C. The second-order valence-corrected chi connectivity index (χ2v) is 10.9. The summed E-state index contributed by atoms with van der Waals surface area (Å²) < 4.78 is 12.9. The molecule has 2 aliphatic heterocycles. The molecular weight excluding hydrogens is 635 g/mol. The highest BCUT2D eigenvalue weighted by Gasteiger charge is 2.36. The number of hydrogen-bond acceptors (Lipinski definition) is 6. The van der Waals surface area contributed by atoms with Crippen LogP contribution >= 0.6 is 46.0 Å². The van der Waals surface area contributed by atoms with Crippen LogP contribution in [0, 0.1) is 15.9 Å². The molecule has 0 saturated carbocycles. The summed E-state index contributed by atoms with van der Waals surface area (Å²) in [7, 11) is 0. The first kappa shape index (κ1) is 26.5. The summed E-state index contributed by atoms with van der Waals surface area (Å²) in [6.45, 7) is 4.80. The molecule has 3 aromatic rings. The van der Waals surface area contributed by atoms with Crippen molar-refractivity contribution < 1.29 is 14.3 Å². The van der Waals surface area contributed by atoms with Crippen LogP contribution in [0.25, 0.3) is 6.08 Å². The predicted octanol–water partition coefficient (Wildman–Crippen LogP) is 6.90. The van der Waals surface area contributed by atoms with Gasteiger partial charge in [0.2, 0.25) is 5.17 Å². The molecule has 10 heteroatoms. The Morgan fingerprint density at radius 2 is 1.89 bits per heavy atom. The van der Waals surface area contributed by atoms with Gasteiger partial charge in [-0.1, -0.05) is 54.1 Å². The number of carbonyl (C=O) groups is 1. The number of hydrazone groups is 1. The van der Waals surface area contributed by atoms with Crippen LogP contribution in [-0.2, 0) is 11.4 Å². The monoisotopic (exact) mass is 656 g/mol. The Bertz CT molecular complexity index is 1550. The predicted molar refractivity (Wildman–Crippen MR) is 161 cm³/mol. The van der Waals surface area contributed by atoms with Crippen molar-refractivity contribution in [1.82, 2.24) is 5.01 Å². The largest absolute Gasteiger partial charge is 0.490 e. The molecule has 1 amide bonds. The van der Waals surface area contributed by atoms with E-state index in [9.17, 15) is 4.79 Å². The Morgan fingerprint density at radius 1 is 1.13 bits per heavy atom. The van der Waals surface area contributed by atoms with E-state index >= 15 is 0 Å². The number of ether oxygens (including phenoxy) is 2. The average molecular weight is 657 g/mol. The molecular formula is C28H22ClIN4O3S. The van der Waals surface area contributed by atoms with Crippen molar-refractivity contribution in [3.8, 4) is 11.5 Å². The molecule has 0 aromatic heterocycles. The van der Waals surface area contributed by atoms with E-state index in [1.54, 1.807) is 12.1 Å². The lowest BCUT2D eigenvalue weighted by Crippen LogP contribution is -2.35. The van der Waals surface area contributed by atoms with E-state index < -0.39 is 5.91 Å². The summed E-state index contributed by atoms with van der Waals surface area (Å²) in [5.74, 6) is 0.641. The third-order valence-corrected chi connectivity index (χ3v) is 7.91. The number of benzene rings is 3. The van der Waals surface area contributed by atoms with E-state index in [4.69, 9.17) is 26.5 Å². The summed E-state index contributed by atoms with van der Waals surface area (Å²) in [4.78, 5) is 17.1. The molecule has 0 atom stereocenters. The van der Waals surface area contributed by atoms with Gasteiger partial charge in [0.05, 0.1) is 20.8 Å². The van der Waals surface area contributed by atoms with Crippen LogP contribution in [0.3, 0.4) is 0 Å². The van der Waals surface area contributed by atoms with E-state index in [-0.39, 0.29) is 11.4 Å². The minimum absolute atomic E-state index is 0.0533. The molecule has 5 rings (SSSR count). The smallest absolute Gasteiger partial charge is 0.283 e. The van der Waals surface area contributed by atoms with Crippen LogP contribution in [0.4, 0.5) is 0 Å². The lowest BCUT2D eigenvalue weighted by Gasteiger charge is -2.20. The van der Waals surface area contributed by atoms with Gasteiger partial charge < -0.3 is 9.47 Å². The van der Waals surface area contributed by atoms with Gasteiger partial charge in [-0.25, -0.2) is 0 Å². The number of aliphatic imine (C=N–C) groups is 1. The van der Waals surface area contributed by atoms with Crippen molar-refractivity contribution in [3.05, 3.63) is 97.1 Å². The summed E-state index contributed by atoms with van der Waals surface area (Å²) in [5, 5.41) is 16.1. The lowest BCUT2D eigenvalue weighted by atomic mass is 10.1. The number of nitrogens with one attached hydrogen (secondary N) is 1. The van der Waals surface area contributed by atoms with Gasteiger partial charge in [0.15, 0.2) is 17.3 Å². The Kier molecular flexibility index (Phi) is 7.87. The first-order valence-corrected chi connectivity index (χ1v) is 14.0. The van der Waals surface area contributed by atoms with Crippen LogP contribution < -0.4 is 9.47 Å². The maximum Gasteiger partial charge on any atom is 0.283 e. The molecule has 38 heavy (non-hydrogen) atoms. The van der Waals surface area contributed by atoms with E-state index in [2.05, 4.69) is 32.7 Å². The Labute approximate surface area is 243 Å². The van der Waals surface area contributed by atoms with Crippen LogP contribution in [0.2, 0.25) is 5.02 Å². The Morgan fingerprint density at radius 3 is 2.66 bits per heavy atom. The molecule has 0 unspecified atom stereocenters. The van der Waals surface area contributed by atoms with Crippen LogP contribution in [-0.4, -0.2) is 33.6 Å². The highest BCUT2D eigenvalue weighted by atomic mass is 127. The van der Waals surface area contributed by atoms with Crippen LogP contribution in [0.1, 0.15) is 29.2 Å². The zero-order chi connectivity index (χ0) is 26.8. The molecule has 0 spiro atoms. The van der Waals surface area contributed by atoms with Crippen LogP contribution in [0.15, 0.2) is 76.3 Å². The summed E-state index contributed by atoms with van der Waals surface area (Å²) >= 11 is 9.73. The number of thioether (sulfide) groups is 1. The fourth-order valence-electron chi connectivity index (χ4n) is 3.90. The lowest BCUT2D eigenvalue weighted by molar-refractivity contribution is -0.114. The second kappa shape index (κ2) is 11.3. The van der Waals surface area contributed by atoms with Crippen molar-refractivity contribution in [1.29, 1.82) is 5.41 Å². The maximum absolute atomic E-state index is 12.9. The number of amidine groups is 2. The maximum atomic E-state index is 12.9. The summed E-state index contributed by atoms with van der Waals surface area (Å²) in [6, 6.07) is 19.1. The summed E-state index contributed by atoms with van der Waals surface area (Å²) in [5.41, 5.74) is 3.78. The second-order valence-electron chi connectivity index (χ2n) is 8.38. The number of halogens is 2.